The van der Waals surface area contributed by atoms with E-state index in [1.165, 1.54) is 38.6 Å². The number of pyridine rings is 2. The fourth-order valence-corrected chi connectivity index (χ4v) is 7.88. The van der Waals surface area contributed by atoms with Crippen LogP contribution in [-0.2, 0) is 0 Å². The van der Waals surface area contributed by atoms with Crippen LogP contribution >= 0.6 is 0 Å². The van der Waals surface area contributed by atoms with Crippen molar-refractivity contribution in [3.8, 4) is 33.4 Å². The molecule has 0 N–H and O–H groups in total. The Bertz CT molecular complexity index is 2810. The second kappa shape index (κ2) is 9.89. The first kappa shape index (κ1) is 26.4. The molecule has 4 aromatic heterocycles. The first-order chi connectivity index (χ1) is 24.3. The van der Waals surface area contributed by atoms with Crippen LogP contribution in [0.25, 0.3) is 88.3 Å². The maximum atomic E-state index is 6.30. The quantitative estimate of drug-likeness (QED) is 0.194. The number of benzene rings is 6. The Morgan fingerprint density at radius 2 is 1.10 bits per heavy atom. The number of hydrogen-bond donors (Lipinski definition) is 0. The lowest BCUT2D eigenvalue weighted by molar-refractivity contribution is 0.654. The van der Waals surface area contributed by atoms with Gasteiger partial charge in [-0.05, 0) is 92.7 Å². The van der Waals surface area contributed by atoms with Crippen LogP contribution in [0.15, 0.2) is 161 Å². The van der Waals surface area contributed by atoms with Gasteiger partial charge in [0.25, 0.3) is 0 Å². The van der Waals surface area contributed by atoms with Crippen LogP contribution in [0.1, 0.15) is 0 Å². The summed E-state index contributed by atoms with van der Waals surface area (Å²) >= 11 is 0. The molecule has 0 aliphatic heterocycles. The summed E-state index contributed by atoms with van der Waals surface area (Å²) in [5.41, 5.74) is 14.3. The molecule has 5 heteroatoms. The molecule has 0 unspecified atom stereocenters. The molecule has 0 saturated carbocycles. The summed E-state index contributed by atoms with van der Waals surface area (Å²) in [5, 5.41) is 5.50. The largest absolute Gasteiger partial charge is 0.454 e. The van der Waals surface area contributed by atoms with Crippen LogP contribution in [0.3, 0.4) is 0 Å². The lowest BCUT2D eigenvalue weighted by Crippen LogP contribution is -2.11. The first-order valence-electron chi connectivity index (χ1n) is 16.4. The average Bonchev–Trinajstić information content (AvgIpc) is 3.84. The normalized spacial score (nSPS) is 12.1. The van der Waals surface area contributed by atoms with E-state index in [0.717, 1.165) is 61.1 Å². The molecule has 1 aliphatic rings. The third-order valence-corrected chi connectivity index (χ3v) is 9.96. The smallest absolute Gasteiger partial charge is 0.229 e. The molecular weight excluding hydrogens is 603 g/mol. The van der Waals surface area contributed by atoms with Crippen LogP contribution in [0.2, 0.25) is 0 Å². The van der Waals surface area contributed by atoms with Crippen molar-refractivity contribution >= 4 is 72.0 Å². The number of para-hydroxylation sites is 1. The fraction of sp³-hybridized carbons (Fsp3) is 0. The third-order valence-electron chi connectivity index (χ3n) is 9.96. The van der Waals surface area contributed by atoms with E-state index in [-0.39, 0.29) is 0 Å². The summed E-state index contributed by atoms with van der Waals surface area (Å²) in [6, 6.07) is 49.0. The molecule has 0 fully saturated rings. The third kappa shape index (κ3) is 3.70. The summed E-state index contributed by atoms with van der Waals surface area (Å²) in [5.74, 6) is 0. The minimum atomic E-state index is 0.594. The standard InChI is InChI=1S/C44H25N3O2/c1-2-9-30-29(8-1)32-12-5-11-31-28(21-22-33(30)40(31)32)26-17-19-27(20-18-26)47(35-13-6-15-38-42(35)43-39(48-38)16-7-24-45-43)36-23-25-46-44-41(36)34-10-3-4-14-37(34)49-44/h1-25H. The van der Waals surface area contributed by atoms with E-state index in [1.54, 1.807) is 0 Å². The zero-order valence-corrected chi connectivity index (χ0v) is 26.1. The number of furan rings is 2. The average molecular weight is 628 g/mol. The molecule has 49 heavy (non-hydrogen) atoms. The van der Waals surface area contributed by atoms with E-state index in [0.29, 0.717) is 5.71 Å². The number of hydrogen-bond acceptors (Lipinski definition) is 5. The van der Waals surface area contributed by atoms with Crippen molar-refractivity contribution in [1.29, 1.82) is 0 Å². The van der Waals surface area contributed by atoms with Crippen LogP contribution < -0.4 is 4.90 Å². The van der Waals surface area contributed by atoms with E-state index in [4.69, 9.17) is 13.8 Å². The number of aromatic nitrogens is 2. The number of fused-ring (bicyclic) bond motifs is 9. The van der Waals surface area contributed by atoms with Crippen molar-refractivity contribution in [2.45, 2.75) is 0 Å². The molecule has 6 aromatic carbocycles. The highest BCUT2D eigenvalue weighted by Crippen LogP contribution is 2.50. The van der Waals surface area contributed by atoms with E-state index in [1.807, 2.05) is 54.9 Å². The number of rotatable bonds is 4. The summed E-state index contributed by atoms with van der Waals surface area (Å²) in [4.78, 5) is 11.7. The molecular formula is C44H25N3O2. The predicted octanol–water partition coefficient (Wildman–Crippen LogP) is 12.2. The van der Waals surface area contributed by atoms with Gasteiger partial charge in [0, 0.05) is 23.5 Å². The van der Waals surface area contributed by atoms with Gasteiger partial charge >= 0.3 is 0 Å². The van der Waals surface area contributed by atoms with Crippen LogP contribution in [0.5, 0.6) is 0 Å². The van der Waals surface area contributed by atoms with Crippen LogP contribution in [0, 0.1) is 0 Å². The van der Waals surface area contributed by atoms with Crippen molar-refractivity contribution in [1.82, 2.24) is 9.97 Å². The molecule has 1 aliphatic carbocycles. The molecule has 0 saturated heterocycles. The highest BCUT2D eigenvalue weighted by molar-refractivity contribution is 6.19. The van der Waals surface area contributed by atoms with Crippen LogP contribution in [-0.4, -0.2) is 9.97 Å². The summed E-state index contributed by atoms with van der Waals surface area (Å²) in [6.07, 6.45) is 3.63. The zero-order valence-electron chi connectivity index (χ0n) is 26.1. The van der Waals surface area contributed by atoms with E-state index >= 15 is 0 Å². The Kier molecular flexibility index (Phi) is 5.32. The maximum absolute atomic E-state index is 6.30. The second-order valence-electron chi connectivity index (χ2n) is 12.5. The van der Waals surface area contributed by atoms with Crippen molar-refractivity contribution in [2.75, 3.05) is 4.90 Å². The van der Waals surface area contributed by atoms with Crippen molar-refractivity contribution in [2.24, 2.45) is 0 Å². The molecule has 0 atom stereocenters. The lowest BCUT2D eigenvalue weighted by atomic mass is 9.94. The van der Waals surface area contributed by atoms with Gasteiger partial charge in [-0.3, -0.25) is 4.98 Å². The molecule has 5 nitrogen and oxygen atoms in total. The van der Waals surface area contributed by atoms with Crippen LogP contribution in [0.4, 0.5) is 17.1 Å². The van der Waals surface area contributed by atoms with Gasteiger partial charge in [0.05, 0.1) is 22.1 Å². The Balaban J connectivity index is 1.14. The highest BCUT2D eigenvalue weighted by Gasteiger charge is 2.25. The second-order valence-corrected chi connectivity index (χ2v) is 12.5. The van der Waals surface area contributed by atoms with Gasteiger partial charge in [-0.25, -0.2) is 4.98 Å². The Morgan fingerprint density at radius 1 is 0.408 bits per heavy atom. The minimum absolute atomic E-state index is 0.594. The number of nitrogens with zero attached hydrogens (tertiary/aromatic N) is 3. The van der Waals surface area contributed by atoms with Gasteiger partial charge in [-0.1, -0.05) is 91.0 Å². The molecule has 10 aromatic rings. The monoisotopic (exact) mass is 627 g/mol. The van der Waals surface area contributed by atoms with Gasteiger partial charge < -0.3 is 13.7 Å². The first-order valence-corrected chi connectivity index (χ1v) is 16.4. The molecule has 0 spiro atoms. The Labute approximate surface area is 280 Å². The van der Waals surface area contributed by atoms with Crippen molar-refractivity contribution in [3.63, 3.8) is 0 Å². The molecule has 0 radical (unpaired) electrons. The van der Waals surface area contributed by atoms with Gasteiger partial charge in [0.2, 0.25) is 5.71 Å². The SMILES string of the molecule is c1ccc2c(c1)-c1cccc3c(-c4ccc(N(c5ccnc6oc7ccccc7c56)c5cccc6oc7cccnc7c56)cc4)ccc-2c13. The van der Waals surface area contributed by atoms with Crippen molar-refractivity contribution in [3.05, 3.63) is 152 Å². The summed E-state index contributed by atoms with van der Waals surface area (Å²) < 4.78 is 12.6. The van der Waals surface area contributed by atoms with Gasteiger partial charge in [0.15, 0.2) is 5.58 Å². The summed E-state index contributed by atoms with van der Waals surface area (Å²) in [7, 11) is 0. The number of anilines is 3. The highest BCUT2D eigenvalue weighted by atomic mass is 16.3. The molecule has 4 heterocycles. The fourth-order valence-electron chi connectivity index (χ4n) is 7.88. The van der Waals surface area contributed by atoms with E-state index in [2.05, 4.69) is 107 Å². The molecule has 0 amide bonds. The van der Waals surface area contributed by atoms with E-state index < -0.39 is 0 Å². The topological polar surface area (TPSA) is 55.3 Å². The van der Waals surface area contributed by atoms with Crippen molar-refractivity contribution < 1.29 is 8.83 Å². The molecule has 11 rings (SSSR count). The zero-order chi connectivity index (χ0) is 32.1. The van der Waals surface area contributed by atoms with Gasteiger partial charge in [-0.15, -0.1) is 0 Å². The predicted molar refractivity (Wildman–Crippen MR) is 199 cm³/mol. The molecule has 0 bridgehead atoms. The Morgan fingerprint density at radius 3 is 2.00 bits per heavy atom. The van der Waals surface area contributed by atoms with Gasteiger partial charge in [0.1, 0.15) is 16.7 Å². The Hall–Kier alpha value is -6.72. The lowest BCUT2D eigenvalue weighted by Gasteiger charge is -2.27. The van der Waals surface area contributed by atoms with Gasteiger partial charge in [-0.2, -0.15) is 0 Å². The minimum Gasteiger partial charge on any atom is -0.454 e. The molecule has 228 valence electrons. The maximum Gasteiger partial charge on any atom is 0.229 e. The van der Waals surface area contributed by atoms with E-state index in [9.17, 15) is 0 Å². The summed E-state index contributed by atoms with van der Waals surface area (Å²) in [6.45, 7) is 0.